The number of hydrogen-bond donors (Lipinski definition) is 2. The smallest absolute Gasteiger partial charge is 0.416 e. The summed E-state index contributed by atoms with van der Waals surface area (Å²) in [5.41, 5.74) is 0.192. The highest BCUT2D eigenvalue weighted by Crippen LogP contribution is 2.37. The van der Waals surface area contributed by atoms with E-state index in [1.165, 1.54) is 19.2 Å². The van der Waals surface area contributed by atoms with Crippen LogP contribution in [0.4, 0.5) is 13.2 Å². The van der Waals surface area contributed by atoms with Gasteiger partial charge in [-0.2, -0.15) is 13.2 Å². The molecular weight excluding hydrogens is 551 g/mol. The molecule has 1 aliphatic heterocycles. The Bertz CT molecular complexity index is 1430. The first-order chi connectivity index (χ1) is 20.1. The number of nitrogens with one attached hydrogen (secondary N) is 2. The van der Waals surface area contributed by atoms with Gasteiger partial charge in [0, 0.05) is 24.9 Å². The van der Waals surface area contributed by atoms with E-state index < -0.39 is 53.9 Å². The van der Waals surface area contributed by atoms with Crippen LogP contribution < -0.4 is 15.4 Å². The quantitative estimate of drug-likeness (QED) is 0.335. The Morgan fingerprint density at radius 2 is 1.60 bits per heavy atom. The van der Waals surface area contributed by atoms with Crippen LogP contribution in [0, 0.1) is 0 Å². The standard InChI is InChI=1S/C31H30F3N3O5/c1-42-26-14-8-13-23(31(32,33)34)22(26)19-37-25(15-16-27(37)38)29(40)36-24(17-20-9-4-2-5-10-20)28(39)30(41)35-18-21-11-6-3-7-12-21/h2-14,24-25H,15-19H2,1H3,(H,35,41)(H,36,40)/t24-,25?/m0/s1. The van der Waals surface area contributed by atoms with E-state index in [1.807, 2.05) is 6.07 Å². The van der Waals surface area contributed by atoms with Gasteiger partial charge in [-0.15, -0.1) is 0 Å². The van der Waals surface area contributed by atoms with E-state index in [2.05, 4.69) is 10.6 Å². The molecule has 2 N–H and O–H groups in total. The van der Waals surface area contributed by atoms with Crippen molar-refractivity contribution in [3.8, 4) is 5.75 Å². The zero-order valence-corrected chi connectivity index (χ0v) is 22.8. The minimum Gasteiger partial charge on any atom is -0.496 e. The molecule has 42 heavy (non-hydrogen) atoms. The van der Waals surface area contributed by atoms with Gasteiger partial charge in [-0.25, -0.2) is 0 Å². The summed E-state index contributed by atoms with van der Waals surface area (Å²) in [5.74, 6) is -3.11. The lowest BCUT2D eigenvalue weighted by molar-refractivity contribution is -0.142. The van der Waals surface area contributed by atoms with E-state index in [4.69, 9.17) is 4.74 Å². The molecule has 1 fully saturated rings. The second-order valence-electron chi connectivity index (χ2n) is 9.84. The highest BCUT2D eigenvalue weighted by Gasteiger charge is 2.41. The van der Waals surface area contributed by atoms with E-state index in [9.17, 15) is 32.3 Å². The Kier molecular flexibility index (Phi) is 9.61. The van der Waals surface area contributed by atoms with Gasteiger partial charge in [0.05, 0.1) is 19.2 Å². The molecule has 0 bridgehead atoms. The zero-order chi connectivity index (χ0) is 30.3. The molecule has 1 aliphatic rings. The number of Topliss-reactive ketones (excluding diaryl/α,β-unsaturated/α-hetero) is 1. The normalized spacial score (nSPS) is 15.7. The molecule has 0 aliphatic carbocycles. The summed E-state index contributed by atoms with van der Waals surface area (Å²) in [6.07, 6.45) is -4.75. The van der Waals surface area contributed by atoms with Gasteiger partial charge >= 0.3 is 6.18 Å². The predicted octanol–water partition coefficient (Wildman–Crippen LogP) is 3.82. The number of nitrogens with zero attached hydrogens (tertiary/aromatic N) is 1. The summed E-state index contributed by atoms with van der Waals surface area (Å²) in [7, 11) is 1.22. The summed E-state index contributed by atoms with van der Waals surface area (Å²) in [4.78, 5) is 53.4. The van der Waals surface area contributed by atoms with Gasteiger partial charge in [-0.05, 0) is 29.7 Å². The van der Waals surface area contributed by atoms with Gasteiger partial charge < -0.3 is 20.3 Å². The van der Waals surface area contributed by atoms with Gasteiger partial charge in [-0.1, -0.05) is 66.7 Å². The number of halogens is 3. The maximum absolute atomic E-state index is 13.8. The van der Waals surface area contributed by atoms with E-state index >= 15 is 0 Å². The number of rotatable bonds is 11. The highest BCUT2D eigenvalue weighted by atomic mass is 19.4. The van der Waals surface area contributed by atoms with Crippen molar-refractivity contribution in [2.45, 2.75) is 50.6 Å². The first-order valence-electron chi connectivity index (χ1n) is 13.3. The van der Waals surface area contributed by atoms with Gasteiger partial charge in [-0.3, -0.25) is 19.2 Å². The largest absolute Gasteiger partial charge is 0.496 e. The van der Waals surface area contributed by atoms with Crippen molar-refractivity contribution in [2.75, 3.05) is 7.11 Å². The summed E-state index contributed by atoms with van der Waals surface area (Å²) < 4.78 is 46.5. The lowest BCUT2D eigenvalue weighted by Crippen LogP contribution is -2.53. The average Bonchev–Trinajstić information content (AvgIpc) is 3.35. The average molecular weight is 582 g/mol. The molecule has 0 radical (unpaired) electrons. The van der Waals surface area contributed by atoms with Crippen LogP contribution in [-0.4, -0.2) is 47.6 Å². The number of ether oxygens (including phenoxy) is 1. The fourth-order valence-corrected chi connectivity index (χ4v) is 4.91. The van der Waals surface area contributed by atoms with Crippen molar-refractivity contribution in [2.24, 2.45) is 0 Å². The summed E-state index contributed by atoms with van der Waals surface area (Å²) in [6, 6.07) is 18.7. The third-order valence-electron chi connectivity index (χ3n) is 7.05. The van der Waals surface area contributed by atoms with Gasteiger partial charge in [0.15, 0.2) is 0 Å². The molecule has 0 saturated carbocycles. The molecule has 1 heterocycles. The minimum absolute atomic E-state index is 0.00440. The number of carbonyl (C=O) groups excluding carboxylic acids is 4. The summed E-state index contributed by atoms with van der Waals surface area (Å²) in [6.45, 7) is -0.423. The van der Waals surface area contributed by atoms with Crippen LogP contribution in [0.2, 0.25) is 0 Å². The number of benzene rings is 3. The van der Waals surface area contributed by atoms with Gasteiger partial charge in [0.2, 0.25) is 17.6 Å². The molecule has 2 atom stereocenters. The molecule has 4 rings (SSSR count). The van der Waals surface area contributed by atoms with Crippen LogP contribution in [0.15, 0.2) is 78.9 Å². The number of hydrogen-bond acceptors (Lipinski definition) is 5. The van der Waals surface area contributed by atoms with Crippen LogP contribution in [0.1, 0.15) is 35.1 Å². The van der Waals surface area contributed by atoms with E-state index in [-0.39, 0.29) is 37.1 Å². The molecule has 0 spiro atoms. The van der Waals surface area contributed by atoms with Crippen molar-refractivity contribution in [3.05, 3.63) is 101 Å². The SMILES string of the molecule is COc1cccc(C(F)(F)F)c1CN1C(=O)CCC1C(=O)N[C@@H](Cc1ccccc1)C(=O)C(=O)NCc1ccccc1. The molecule has 11 heteroatoms. The first-order valence-corrected chi connectivity index (χ1v) is 13.3. The zero-order valence-electron chi connectivity index (χ0n) is 22.8. The van der Waals surface area contributed by atoms with Gasteiger partial charge in [0.1, 0.15) is 17.8 Å². The van der Waals surface area contributed by atoms with Crippen molar-refractivity contribution in [1.82, 2.24) is 15.5 Å². The second kappa shape index (κ2) is 13.3. The van der Waals surface area contributed by atoms with Gasteiger partial charge in [0.25, 0.3) is 5.91 Å². The van der Waals surface area contributed by atoms with Crippen LogP contribution in [0.5, 0.6) is 5.75 Å². The molecule has 3 amide bonds. The maximum Gasteiger partial charge on any atom is 0.416 e. The molecule has 220 valence electrons. The van der Waals surface area contributed by atoms with Crippen LogP contribution >= 0.6 is 0 Å². The van der Waals surface area contributed by atoms with Crippen LogP contribution in [0.3, 0.4) is 0 Å². The number of ketones is 1. The third kappa shape index (κ3) is 7.34. The Hall–Kier alpha value is -4.67. The molecule has 3 aromatic rings. The number of methoxy groups -OCH3 is 1. The minimum atomic E-state index is -4.72. The van der Waals surface area contributed by atoms with Crippen molar-refractivity contribution in [1.29, 1.82) is 0 Å². The number of carbonyl (C=O) groups is 4. The molecular formula is C31H30F3N3O5. The van der Waals surface area contributed by atoms with Crippen molar-refractivity contribution < 1.29 is 37.1 Å². The fourth-order valence-electron chi connectivity index (χ4n) is 4.91. The first kappa shape index (κ1) is 30.3. The Morgan fingerprint density at radius 3 is 2.21 bits per heavy atom. The molecule has 3 aromatic carbocycles. The topological polar surface area (TPSA) is 105 Å². The monoisotopic (exact) mass is 581 g/mol. The lowest BCUT2D eigenvalue weighted by Gasteiger charge is -2.28. The highest BCUT2D eigenvalue weighted by molar-refractivity contribution is 6.38. The number of likely N-dealkylation sites (tertiary alicyclic amines) is 1. The summed E-state index contributed by atoms with van der Waals surface area (Å²) >= 11 is 0. The third-order valence-corrected chi connectivity index (χ3v) is 7.05. The van der Waals surface area contributed by atoms with Crippen molar-refractivity contribution in [3.63, 3.8) is 0 Å². The maximum atomic E-state index is 13.8. The lowest BCUT2D eigenvalue weighted by atomic mass is 10.0. The number of alkyl halides is 3. The van der Waals surface area contributed by atoms with E-state index in [0.717, 1.165) is 16.5 Å². The Labute approximate surface area is 240 Å². The fraction of sp³-hybridized carbons (Fsp3) is 0.290. The number of amides is 3. The Morgan fingerprint density at radius 1 is 0.952 bits per heavy atom. The van der Waals surface area contributed by atoms with Crippen LogP contribution in [-0.2, 0) is 44.9 Å². The molecule has 8 nitrogen and oxygen atoms in total. The van der Waals surface area contributed by atoms with E-state index in [0.29, 0.717) is 5.56 Å². The molecule has 1 saturated heterocycles. The molecule has 0 aromatic heterocycles. The Balaban J connectivity index is 1.54. The summed E-state index contributed by atoms with van der Waals surface area (Å²) in [5, 5.41) is 5.16. The predicted molar refractivity (Wildman–Crippen MR) is 147 cm³/mol. The molecule has 1 unspecified atom stereocenters. The van der Waals surface area contributed by atoms with Crippen LogP contribution in [0.25, 0.3) is 0 Å². The van der Waals surface area contributed by atoms with Crippen molar-refractivity contribution >= 4 is 23.5 Å². The second-order valence-corrected chi connectivity index (χ2v) is 9.84. The van der Waals surface area contributed by atoms with E-state index in [1.54, 1.807) is 54.6 Å².